The number of carbonyl (C=O) groups excluding carboxylic acids is 1. The first-order valence-corrected chi connectivity index (χ1v) is 6.93. The van der Waals surface area contributed by atoms with Crippen molar-refractivity contribution in [2.75, 3.05) is 23.9 Å². The van der Waals surface area contributed by atoms with E-state index in [2.05, 4.69) is 10.3 Å². The minimum atomic E-state index is 0.0720. The lowest BCUT2D eigenvalue weighted by Gasteiger charge is -2.22. The van der Waals surface area contributed by atoms with Crippen molar-refractivity contribution in [1.29, 1.82) is 0 Å². The summed E-state index contributed by atoms with van der Waals surface area (Å²) in [5.41, 5.74) is 1.85. The van der Waals surface area contributed by atoms with Crippen LogP contribution in [0.15, 0.2) is 42.6 Å². The number of pyridine rings is 1. The summed E-state index contributed by atoms with van der Waals surface area (Å²) in [5.74, 6) is 1.62. The fourth-order valence-electron chi connectivity index (χ4n) is 2.39. The van der Waals surface area contributed by atoms with Gasteiger partial charge in [0.15, 0.2) is 0 Å². The van der Waals surface area contributed by atoms with Crippen LogP contribution in [0.5, 0.6) is 5.75 Å². The van der Waals surface area contributed by atoms with E-state index in [4.69, 9.17) is 4.74 Å². The number of ether oxygens (including phenoxy) is 1. The van der Waals surface area contributed by atoms with Crippen LogP contribution in [0, 0.1) is 0 Å². The first kappa shape index (κ1) is 13.4. The van der Waals surface area contributed by atoms with Crippen LogP contribution < -0.4 is 15.0 Å². The van der Waals surface area contributed by atoms with E-state index in [-0.39, 0.29) is 5.91 Å². The fourth-order valence-corrected chi connectivity index (χ4v) is 2.39. The Morgan fingerprint density at radius 1 is 1.33 bits per heavy atom. The van der Waals surface area contributed by atoms with Crippen LogP contribution in [0.3, 0.4) is 0 Å². The van der Waals surface area contributed by atoms with Crippen molar-refractivity contribution in [3.05, 3.63) is 48.2 Å². The van der Waals surface area contributed by atoms with E-state index in [0.29, 0.717) is 19.6 Å². The number of amides is 1. The topological polar surface area (TPSA) is 54.5 Å². The summed E-state index contributed by atoms with van der Waals surface area (Å²) >= 11 is 0. The highest BCUT2D eigenvalue weighted by atomic mass is 16.5. The Morgan fingerprint density at radius 3 is 3.05 bits per heavy atom. The third-order valence-electron chi connectivity index (χ3n) is 3.45. The predicted octanol–water partition coefficient (Wildman–Crippen LogP) is 2.44. The Morgan fingerprint density at radius 2 is 2.19 bits per heavy atom. The van der Waals surface area contributed by atoms with E-state index in [1.165, 1.54) is 0 Å². The Balaban J connectivity index is 1.93. The number of benzene rings is 1. The van der Waals surface area contributed by atoms with Gasteiger partial charge in [0, 0.05) is 13.2 Å². The normalized spacial score (nSPS) is 14.1. The molecule has 1 aromatic heterocycles. The lowest BCUT2D eigenvalue weighted by atomic mass is 10.2. The predicted molar refractivity (Wildman–Crippen MR) is 81.5 cm³/mol. The SMILES string of the molecule is CNc1cc(CN2C(=O)CCOc3ccccc32)ccn1. The molecular weight excluding hydrogens is 266 g/mol. The van der Waals surface area contributed by atoms with Crippen molar-refractivity contribution in [3.63, 3.8) is 0 Å². The van der Waals surface area contributed by atoms with Gasteiger partial charge in [-0.25, -0.2) is 4.98 Å². The van der Waals surface area contributed by atoms with Gasteiger partial charge in [0.1, 0.15) is 11.6 Å². The van der Waals surface area contributed by atoms with E-state index in [1.54, 1.807) is 11.1 Å². The molecule has 0 aliphatic carbocycles. The second-order valence-electron chi connectivity index (χ2n) is 4.85. The first-order chi connectivity index (χ1) is 10.3. The molecule has 1 aromatic carbocycles. The highest BCUT2D eigenvalue weighted by molar-refractivity contribution is 5.95. The number of anilines is 2. The maximum absolute atomic E-state index is 12.4. The van der Waals surface area contributed by atoms with Gasteiger partial charge in [0.25, 0.3) is 0 Å². The van der Waals surface area contributed by atoms with Crippen LogP contribution in [0.1, 0.15) is 12.0 Å². The van der Waals surface area contributed by atoms with Crippen LogP contribution in [0.25, 0.3) is 0 Å². The summed E-state index contributed by atoms with van der Waals surface area (Å²) in [4.78, 5) is 18.3. The van der Waals surface area contributed by atoms with Gasteiger partial charge in [-0.1, -0.05) is 12.1 Å². The Labute approximate surface area is 123 Å². The molecule has 2 heterocycles. The van der Waals surface area contributed by atoms with Gasteiger partial charge in [-0.2, -0.15) is 0 Å². The van der Waals surface area contributed by atoms with Gasteiger partial charge >= 0.3 is 0 Å². The zero-order valence-corrected chi connectivity index (χ0v) is 11.9. The van der Waals surface area contributed by atoms with E-state index in [1.807, 2.05) is 43.4 Å². The van der Waals surface area contributed by atoms with Crippen molar-refractivity contribution >= 4 is 17.4 Å². The molecule has 3 rings (SSSR count). The molecule has 2 aromatic rings. The zero-order chi connectivity index (χ0) is 14.7. The van der Waals surface area contributed by atoms with Crippen molar-refractivity contribution in [1.82, 2.24) is 4.98 Å². The largest absolute Gasteiger partial charge is 0.491 e. The fraction of sp³-hybridized carbons (Fsp3) is 0.250. The molecule has 108 valence electrons. The summed E-state index contributed by atoms with van der Waals surface area (Å²) in [6.07, 6.45) is 2.13. The number of para-hydroxylation sites is 2. The Hall–Kier alpha value is -2.56. The van der Waals surface area contributed by atoms with Gasteiger partial charge < -0.3 is 15.0 Å². The molecule has 0 saturated heterocycles. The number of hydrogen-bond donors (Lipinski definition) is 1. The molecule has 1 amide bonds. The van der Waals surface area contributed by atoms with Gasteiger partial charge in [0.2, 0.25) is 5.91 Å². The highest BCUT2D eigenvalue weighted by Crippen LogP contribution is 2.32. The molecule has 0 spiro atoms. The molecule has 0 unspecified atom stereocenters. The average molecular weight is 283 g/mol. The van der Waals surface area contributed by atoms with Gasteiger partial charge in [-0.05, 0) is 29.8 Å². The Bertz CT molecular complexity index is 657. The molecule has 21 heavy (non-hydrogen) atoms. The van der Waals surface area contributed by atoms with Crippen LogP contribution in [0.4, 0.5) is 11.5 Å². The maximum atomic E-state index is 12.4. The number of nitrogens with zero attached hydrogens (tertiary/aromatic N) is 2. The van der Waals surface area contributed by atoms with Gasteiger partial charge in [-0.15, -0.1) is 0 Å². The van der Waals surface area contributed by atoms with E-state index < -0.39 is 0 Å². The monoisotopic (exact) mass is 283 g/mol. The van der Waals surface area contributed by atoms with E-state index >= 15 is 0 Å². The summed E-state index contributed by atoms with van der Waals surface area (Å²) < 4.78 is 5.64. The van der Waals surface area contributed by atoms with Crippen LogP contribution in [0.2, 0.25) is 0 Å². The molecule has 1 aliphatic heterocycles. The maximum Gasteiger partial charge on any atom is 0.230 e. The molecule has 0 radical (unpaired) electrons. The standard InChI is InChI=1S/C16H17N3O2/c1-17-15-10-12(6-8-18-15)11-19-13-4-2-3-5-14(13)21-9-7-16(19)20/h2-6,8,10H,7,9,11H2,1H3,(H,17,18). The average Bonchev–Trinajstić information content (AvgIpc) is 2.68. The van der Waals surface area contributed by atoms with Crippen molar-refractivity contribution in [2.45, 2.75) is 13.0 Å². The number of rotatable bonds is 3. The third kappa shape index (κ3) is 2.81. The number of carbonyl (C=O) groups is 1. The smallest absolute Gasteiger partial charge is 0.230 e. The van der Waals surface area contributed by atoms with Crippen molar-refractivity contribution in [3.8, 4) is 5.75 Å². The summed E-state index contributed by atoms with van der Waals surface area (Å²) in [6, 6.07) is 11.5. The number of fused-ring (bicyclic) bond motifs is 1. The van der Waals surface area contributed by atoms with Crippen LogP contribution >= 0.6 is 0 Å². The number of nitrogens with one attached hydrogen (secondary N) is 1. The summed E-state index contributed by atoms with van der Waals surface area (Å²) in [7, 11) is 1.83. The van der Waals surface area contributed by atoms with E-state index in [0.717, 1.165) is 22.8 Å². The highest BCUT2D eigenvalue weighted by Gasteiger charge is 2.23. The molecule has 0 saturated carbocycles. The summed E-state index contributed by atoms with van der Waals surface area (Å²) in [5, 5.41) is 3.01. The summed E-state index contributed by atoms with van der Waals surface area (Å²) in [6.45, 7) is 0.931. The van der Waals surface area contributed by atoms with Crippen molar-refractivity contribution in [2.24, 2.45) is 0 Å². The minimum absolute atomic E-state index is 0.0720. The second kappa shape index (κ2) is 5.83. The first-order valence-electron chi connectivity index (χ1n) is 6.93. The Kier molecular flexibility index (Phi) is 3.73. The van der Waals surface area contributed by atoms with Crippen LogP contribution in [-0.2, 0) is 11.3 Å². The third-order valence-corrected chi connectivity index (χ3v) is 3.45. The molecule has 1 aliphatic rings. The van der Waals surface area contributed by atoms with Gasteiger partial charge in [-0.3, -0.25) is 4.79 Å². The van der Waals surface area contributed by atoms with Crippen LogP contribution in [-0.4, -0.2) is 24.5 Å². The lowest BCUT2D eigenvalue weighted by Crippen LogP contribution is -2.29. The molecular formula is C16H17N3O2. The molecule has 0 bridgehead atoms. The second-order valence-corrected chi connectivity index (χ2v) is 4.85. The van der Waals surface area contributed by atoms with Gasteiger partial charge in [0.05, 0.1) is 25.3 Å². The zero-order valence-electron chi connectivity index (χ0n) is 11.9. The molecule has 0 fully saturated rings. The van der Waals surface area contributed by atoms with E-state index in [9.17, 15) is 4.79 Å². The lowest BCUT2D eigenvalue weighted by molar-refractivity contribution is -0.118. The molecule has 1 N–H and O–H groups in total. The molecule has 5 heteroatoms. The number of hydrogen-bond acceptors (Lipinski definition) is 4. The molecule has 0 atom stereocenters. The minimum Gasteiger partial charge on any atom is -0.491 e. The quantitative estimate of drug-likeness (QED) is 0.940. The number of aromatic nitrogens is 1. The van der Waals surface area contributed by atoms with Crippen molar-refractivity contribution < 1.29 is 9.53 Å². The molecule has 5 nitrogen and oxygen atoms in total.